The first kappa shape index (κ1) is 27.9. The Kier molecular flexibility index (Phi) is 15.1. The number of nitrogens with zero attached hydrogens (tertiary/aromatic N) is 2. The minimum Gasteiger partial charge on any atom is -0.482 e. The second-order valence-electron chi connectivity index (χ2n) is 6.88. The second-order valence-corrected chi connectivity index (χ2v) is 6.88. The van der Waals surface area contributed by atoms with E-state index >= 15 is 0 Å². The van der Waals surface area contributed by atoms with Gasteiger partial charge in [0.05, 0.1) is 11.5 Å². The van der Waals surface area contributed by atoms with Crippen molar-refractivity contribution in [2.24, 2.45) is 10.4 Å². The standard InChI is InChI=1S/C11H14O2.C9H6N2.C4H7.K/c1-11(2,8-12)10(13)9-6-4-3-5-7-9;1-2-11-9-5-3-8(7-10)4-6-9;1-2-4-3-1;/h3-8,10,13H,1-2H3;3-5H,1H3;1H,2-4H2;/q;-2;-1;+1. The van der Waals surface area contributed by atoms with Gasteiger partial charge < -0.3 is 21.3 Å². The van der Waals surface area contributed by atoms with Crippen LogP contribution >= 0.6 is 0 Å². The number of aliphatic imine (C=N–C) groups is 1. The fraction of sp³-hybridized carbons (Fsp3) is 0.333. The molecule has 4 nitrogen and oxygen atoms in total. The van der Waals surface area contributed by atoms with Gasteiger partial charge in [-0.1, -0.05) is 49.7 Å². The maximum Gasteiger partial charge on any atom is 1.00 e. The van der Waals surface area contributed by atoms with Gasteiger partial charge in [-0.3, -0.25) is 6.07 Å². The molecule has 2 aromatic rings. The normalized spacial score (nSPS) is 13.2. The third-order valence-electron chi connectivity index (χ3n) is 4.10. The number of nitriles is 1. The summed E-state index contributed by atoms with van der Waals surface area (Å²) >= 11 is 0. The van der Waals surface area contributed by atoms with Crippen molar-refractivity contribution in [1.82, 2.24) is 0 Å². The first-order valence-electron chi connectivity index (χ1n) is 9.25. The maximum atomic E-state index is 10.7. The molecule has 0 spiro atoms. The summed E-state index contributed by atoms with van der Waals surface area (Å²) in [6, 6.07) is 19.1. The van der Waals surface area contributed by atoms with Crippen molar-refractivity contribution in [3.05, 3.63) is 72.1 Å². The van der Waals surface area contributed by atoms with E-state index in [1.54, 1.807) is 39.0 Å². The van der Waals surface area contributed by atoms with Crippen LogP contribution in [0.15, 0.2) is 53.5 Å². The molecule has 29 heavy (non-hydrogen) atoms. The molecule has 0 aromatic heterocycles. The molecule has 2 aromatic carbocycles. The molecule has 1 saturated carbocycles. The number of benzene rings is 2. The van der Waals surface area contributed by atoms with Crippen LogP contribution in [0.5, 0.6) is 0 Å². The third-order valence-corrected chi connectivity index (χ3v) is 4.10. The smallest absolute Gasteiger partial charge is 0.482 e. The summed E-state index contributed by atoms with van der Waals surface area (Å²) < 4.78 is 0. The van der Waals surface area contributed by atoms with E-state index < -0.39 is 11.5 Å². The zero-order valence-corrected chi connectivity index (χ0v) is 20.8. The molecular weight excluding hydrogens is 387 g/mol. The van der Waals surface area contributed by atoms with Crippen LogP contribution < -0.4 is 51.4 Å². The molecule has 5 heteroatoms. The van der Waals surface area contributed by atoms with Crippen LogP contribution in [-0.4, -0.2) is 17.6 Å². The Hall–Kier alpha value is -1.13. The van der Waals surface area contributed by atoms with Crippen molar-refractivity contribution < 1.29 is 61.3 Å². The van der Waals surface area contributed by atoms with Crippen LogP contribution in [0.3, 0.4) is 0 Å². The van der Waals surface area contributed by atoms with E-state index in [2.05, 4.69) is 23.7 Å². The van der Waals surface area contributed by atoms with E-state index in [0.29, 0.717) is 11.3 Å². The summed E-state index contributed by atoms with van der Waals surface area (Å²) in [7, 11) is 0. The first-order valence-corrected chi connectivity index (χ1v) is 9.25. The van der Waals surface area contributed by atoms with Crippen molar-refractivity contribution in [3.8, 4) is 6.07 Å². The molecule has 0 amide bonds. The fourth-order valence-corrected chi connectivity index (χ4v) is 2.01. The van der Waals surface area contributed by atoms with Gasteiger partial charge in [-0.05, 0) is 5.56 Å². The van der Waals surface area contributed by atoms with Crippen LogP contribution in [0.1, 0.15) is 57.3 Å². The van der Waals surface area contributed by atoms with Crippen LogP contribution in [0.25, 0.3) is 0 Å². The molecule has 3 rings (SSSR count). The van der Waals surface area contributed by atoms with Gasteiger partial charge in [0.1, 0.15) is 6.29 Å². The van der Waals surface area contributed by atoms with Crippen LogP contribution in [-0.2, 0) is 4.79 Å². The molecule has 1 aliphatic rings. The monoisotopic (exact) mass is 414 g/mol. The molecule has 0 aliphatic heterocycles. The van der Waals surface area contributed by atoms with Gasteiger partial charge in [0.2, 0.25) is 0 Å². The van der Waals surface area contributed by atoms with Crippen molar-refractivity contribution in [1.29, 1.82) is 5.26 Å². The number of aliphatic hydroxyl groups excluding tert-OH is 1. The van der Waals surface area contributed by atoms with Crippen molar-refractivity contribution in [2.45, 2.75) is 46.1 Å². The van der Waals surface area contributed by atoms with Crippen LogP contribution in [0, 0.1) is 29.2 Å². The van der Waals surface area contributed by atoms with E-state index in [-0.39, 0.29) is 51.4 Å². The summed E-state index contributed by atoms with van der Waals surface area (Å²) in [5.41, 5.74) is 1.35. The zero-order chi connectivity index (χ0) is 20.8. The fourth-order valence-electron chi connectivity index (χ4n) is 2.01. The Morgan fingerprint density at radius 2 is 1.86 bits per heavy atom. The van der Waals surface area contributed by atoms with Crippen LogP contribution in [0.2, 0.25) is 0 Å². The largest absolute Gasteiger partial charge is 1.00 e. The van der Waals surface area contributed by atoms with Gasteiger partial charge >= 0.3 is 51.4 Å². The van der Waals surface area contributed by atoms with Gasteiger partial charge in [0.25, 0.3) is 0 Å². The van der Waals surface area contributed by atoms with Crippen molar-refractivity contribution >= 4 is 18.2 Å². The average molecular weight is 415 g/mol. The van der Waals surface area contributed by atoms with E-state index in [9.17, 15) is 9.90 Å². The summed E-state index contributed by atoms with van der Waals surface area (Å²) in [6.45, 7) is 5.15. The predicted molar refractivity (Wildman–Crippen MR) is 112 cm³/mol. The number of hydrogen-bond donors (Lipinski definition) is 1. The molecule has 148 valence electrons. The van der Waals surface area contributed by atoms with Gasteiger partial charge in [0.15, 0.2) is 0 Å². The van der Waals surface area contributed by atoms with E-state index in [1.807, 2.05) is 36.4 Å². The summed E-state index contributed by atoms with van der Waals surface area (Å²) in [5, 5.41) is 18.3. The molecule has 1 N–H and O–H groups in total. The van der Waals surface area contributed by atoms with Gasteiger partial charge in [-0.15, -0.1) is 13.3 Å². The predicted octanol–water partition coefficient (Wildman–Crippen LogP) is 2.28. The average Bonchev–Trinajstić information content (AvgIpc) is 2.68. The zero-order valence-electron chi connectivity index (χ0n) is 17.7. The molecule has 1 unspecified atom stereocenters. The maximum absolute atomic E-state index is 10.7. The van der Waals surface area contributed by atoms with E-state index in [0.717, 1.165) is 11.8 Å². The molecule has 0 saturated heterocycles. The summed E-state index contributed by atoms with van der Waals surface area (Å²) in [6.07, 6.45) is 9.18. The number of carbonyl (C=O) groups is 1. The third kappa shape index (κ3) is 11.0. The van der Waals surface area contributed by atoms with Gasteiger partial charge in [-0.2, -0.15) is 31.2 Å². The Morgan fingerprint density at radius 3 is 2.24 bits per heavy atom. The Balaban J connectivity index is 0.000000443. The Bertz CT molecular complexity index is 758. The van der Waals surface area contributed by atoms with E-state index in [1.165, 1.54) is 19.3 Å². The number of aliphatic hydroxyl groups is 1. The van der Waals surface area contributed by atoms with Gasteiger partial charge in [0, 0.05) is 6.07 Å². The van der Waals surface area contributed by atoms with Crippen molar-refractivity contribution in [3.63, 3.8) is 0 Å². The van der Waals surface area contributed by atoms with Gasteiger partial charge in [-0.25, -0.2) is 17.0 Å². The number of hydrogen-bond acceptors (Lipinski definition) is 4. The molecule has 1 atom stereocenters. The summed E-state index contributed by atoms with van der Waals surface area (Å²) in [4.78, 5) is 14.5. The molecule has 0 bridgehead atoms. The SMILES string of the molecule is CC(C)(C=O)C(O)c1ccccc1.C[C-]=Nc1[c-]cc(C#N)cc1.[CH-]1CCC1.[K+]. The number of aldehydes is 1. The van der Waals surface area contributed by atoms with Crippen LogP contribution in [0.4, 0.5) is 5.69 Å². The quantitative estimate of drug-likeness (QED) is 0.361. The summed E-state index contributed by atoms with van der Waals surface area (Å²) in [5.74, 6) is 0. The molecule has 0 radical (unpaired) electrons. The molecule has 0 heterocycles. The minimum atomic E-state index is -0.730. The second kappa shape index (κ2) is 15.7. The minimum absolute atomic E-state index is 0. The Morgan fingerprint density at radius 1 is 1.28 bits per heavy atom. The van der Waals surface area contributed by atoms with Crippen molar-refractivity contribution in [2.75, 3.05) is 0 Å². The van der Waals surface area contributed by atoms with E-state index in [4.69, 9.17) is 5.26 Å². The number of rotatable bonds is 4. The molecular formula is C24H27KN2O2-2. The number of carbonyl (C=O) groups excluding carboxylic acids is 1. The first-order chi connectivity index (χ1) is 13.4. The Labute approximate surface area is 217 Å². The topological polar surface area (TPSA) is 73.4 Å². The molecule has 1 fully saturated rings. The molecule has 1 aliphatic carbocycles.